The van der Waals surface area contributed by atoms with E-state index in [4.69, 9.17) is 8.85 Å². The summed E-state index contributed by atoms with van der Waals surface area (Å²) in [4.78, 5) is 0. The number of rotatable bonds is 5. The maximum atomic E-state index is 5.29. The Morgan fingerprint density at radius 3 is 2.10 bits per heavy atom. The first-order valence-corrected chi connectivity index (χ1v) is 7.19. The van der Waals surface area contributed by atoms with Crippen LogP contribution in [0.15, 0.2) is 0 Å². The Hall–Kier alpha value is 0.487. The van der Waals surface area contributed by atoms with Gasteiger partial charge in [0.2, 0.25) is 0 Å². The fraction of sp³-hybridized carbons (Fsp3) is 1.00. The van der Waals surface area contributed by atoms with Crippen LogP contribution in [0.4, 0.5) is 0 Å². The molecule has 2 nitrogen and oxygen atoms in total. The third kappa shape index (κ3) is 3.61. The largest absolute Gasteiger partial charge is 0.398 e. The van der Waals surface area contributed by atoms with E-state index in [1.807, 2.05) is 11.8 Å². The lowest BCUT2D eigenvalue weighted by Gasteiger charge is -2.21. The molecule has 10 heavy (non-hydrogen) atoms. The molecule has 0 heterocycles. The summed E-state index contributed by atoms with van der Waals surface area (Å²) >= 11 is 1.83. The van der Waals surface area contributed by atoms with Crippen LogP contribution < -0.4 is 0 Å². The number of hydrogen-bond acceptors (Lipinski definition) is 3. The minimum absolute atomic E-state index is 1.07. The van der Waals surface area contributed by atoms with Crippen LogP contribution in [0.1, 0.15) is 0 Å². The van der Waals surface area contributed by atoms with Crippen molar-refractivity contribution in [3.8, 4) is 0 Å². The Morgan fingerprint density at radius 2 is 1.80 bits per heavy atom. The van der Waals surface area contributed by atoms with Crippen LogP contribution in [0.2, 0.25) is 12.6 Å². The predicted molar refractivity (Wildman–Crippen MR) is 48.8 cm³/mol. The van der Waals surface area contributed by atoms with Gasteiger partial charge in [-0.3, -0.25) is 0 Å². The van der Waals surface area contributed by atoms with Gasteiger partial charge in [-0.05, 0) is 24.6 Å². The van der Waals surface area contributed by atoms with E-state index in [1.165, 1.54) is 0 Å². The first-order valence-electron chi connectivity index (χ1n) is 3.28. The van der Waals surface area contributed by atoms with E-state index in [1.54, 1.807) is 14.2 Å². The van der Waals surface area contributed by atoms with Crippen LogP contribution in [-0.4, -0.2) is 34.8 Å². The lowest BCUT2D eigenvalue weighted by atomic mass is 11.0. The minimum Gasteiger partial charge on any atom is -0.398 e. The maximum Gasteiger partial charge on any atom is 0.335 e. The van der Waals surface area contributed by atoms with E-state index in [2.05, 4.69) is 12.8 Å². The third-order valence-corrected chi connectivity index (χ3v) is 5.48. The topological polar surface area (TPSA) is 18.5 Å². The Labute approximate surface area is 68.5 Å². The first kappa shape index (κ1) is 10.5. The maximum absolute atomic E-state index is 5.29. The first-order chi connectivity index (χ1) is 4.68. The summed E-state index contributed by atoms with van der Waals surface area (Å²) in [7, 11) is 1.73. The molecule has 0 fully saturated rings. The predicted octanol–water partition coefficient (Wildman–Crippen LogP) is 1.71. The monoisotopic (exact) mass is 180 g/mol. The van der Waals surface area contributed by atoms with Gasteiger partial charge in [-0.25, -0.2) is 0 Å². The molecular weight excluding hydrogens is 164 g/mol. The molecular formula is C6H16O2SSi. The molecule has 0 aromatic carbocycles. The standard InChI is InChI=1S/C6H16O2SSi/c1-7-10(4,8-2)6-5-9-3/h5-6H2,1-4H3. The average Bonchev–Trinajstić information content (AvgIpc) is 2.00. The van der Waals surface area contributed by atoms with Gasteiger partial charge in [0.1, 0.15) is 0 Å². The van der Waals surface area contributed by atoms with E-state index in [0.29, 0.717) is 0 Å². The van der Waals surface area contributed by atoms with Crippen molar-refractivity contribution in [2.45, 2.75) is 12.6 Å². The summed E-state index contributed by atoms with van der Waals surface area (Å²) < 4.78 is 10.6. The van der Waals surface area contributed by atoms with Crippen LogP contribution >= 0.6 is 11.8 Å². The lowest BCUT2D eigenvalue weighted by Crippen LogP contribution is -2.36. The molecule has 4 heteroatoms. The Balaban J connectivity index is 3.58. The van der Waals surface area contributed by atoms with Gasteiger partial charge in [0.05, 0.1) is 0 Å². The van der Waals surface area contributed by atoms with Gasteiger partial charge in [-0.1, -0.05) is 0 Å². The molecule has 0 aromatic heterocycles. The Bertz CT molecular complexity index is 85.8. The zero-order valence-electron chi connectivity index (χ0n) is 7.14. The smallest absolute Gasteiger partial charge is 0.335 e. The van der Waals surface area contributed by atoms with Gasteiger partial charge < -0.3 is 8.85 Å². The van der Waals surface area contributed by atoms with Crippen molar-refractivity contribution >= 4 is 20.3 Å². The molecule has 0 radical (unpaired) electrons. The molecule has 0 atom stereocenters. The second-order valence-electron chi connectivity index (χ2n) is 2.28. The quantitative estimate of drug-likeness (QED) is 0.600. The third-order valence-electron chi connectivity index (χ3n) is 1.62. The van der Waals surface area contributed by atoms with Crippen LogP contribution in [0, 0.1) is 0 Å². The van der Waals surface area contributed by atoms with Gasteiger partial charge in [-0.2, -0.15) is 11.8 Å². The van der Waals surface area contributed by atoms with Crippen LogP contribution in [0.5, 0.6) is 0 Å². The molecule has 0 spiro atoms. The second-order valence-corrected chi connectivity index (χ2v) is 6.85. The van der Waals surface area contributed by atoms with Crippen LogP contribution in [-0.2, 0) is 8.85 Å². The zero-order chi connectivity index (χ0) is 8.04. The van der Waals surface area contributed by atoms with Crippen molar-refractivity contribution in [2.75, 3.05) is 26.2 Å². The zero-order valence-corrected chi connectivity index (χ0v) is 8.96. The fourth-order valence-corrected chi connectivity index (χ4v) is 3.45. The molecule has 0 bridgehead atoms. The van der Waals surface area contributed by atoms with E-state index in [0.717, 1.165) is 11.8 Å². The van der Waals surface area contributed by atoms with E-state index in [9.17, 15) is 0 Å². The van der Waals surface area contributed by atoms with Crippen molar-refractivity contribution in [3.05, 3.63) is 0 Å². The van der Waals surface area contributed by atoms with Gasteiger partial charge in [-0.15, -0.1) is 0 Å². The van der Waals surface area contributed by atoms with Gasteiger partial charge in [0.25, 0.3) is 0 Å². The van der Waals surface area contributed by atoms with E-state index in [-0.39, 0.29) is 0 Å². The second kappa shape index (κ2) is 5.18. The molecule has 0 unspecified atom stereocenters. The van der Waals surface area contributed by atoms with Crippen LogP contribution in [0.25, 0.3) is 0 Å². The van der Waals surface area contributed by atoms with Crippen molar-refractivity contribution in [2.24, 2.45) is 0 Å². The highest BCUT2D eigenvalue weighted by molar-refractivity contribution is 7.98. The summed E-state index contributed by atoms with van der Waals surface area (Å²) in [6.07, 6.45) is 2.10. The molecule has 0 aliphatic heterocycles. The summed E-state index contributed by atoms with van der Waals surface area (Å²) in [5, 5.41) is 0. The molecule has 0 saturated heterocycles. The summed E-state index contributed by atoms with van der Waals surface area (Å²) in [6, 6.07) is 1.07. The van der Waals surface area contributed by atoms with Crippen molar-refractivity contribution in [3.63, 3.8) is 0 Å². The molecule has 0 N–H and O–H groups in total. The molecule has 62 valence electrons. The fourth-order valence-electron chi connectivity index (χ4n) is 0.575. The summed E-state index contributed by atoms with van der Waals surface area (Å²) in [6.45, 7) is 2.09. The molecule has 0 aromatic rings. The van der Waals surface area contributed by atoms with E-state index < -0.39 is 8.56 Å². The Kier molecular flexibility index (Phi) is 5.43. The molecule has 0 saturated carbocycles. The minimum atomic E-state index is -1.74. The van der Waals surface area contributed by atoms with Gasteiger partial charge in [0.15, 0.2) is 0 Å². The van der Waals surface area contributed by atoms with Crippen molar-refractivity contribution in [1.29, 1.82) is 0 Å². The van der Waals surface area contributed by atoms with Gasteiger partial charge in [0, 0.05) is 14.2 Å². The average molecular weight is 180 g/mol. The van der Waals surface area contributed by atoms with Crippen LogP contribution in [0.3, 0.4) is 0 Å². The highest BCUT2D eigenvalue weighted by atomic mass is 32.2. The molecule has 0 amide bonds. The molecule has 0 rings (SSSR count). The summed E-state index contributed by atoms with van der Waals surface area (Å²) in [5.74, 6) is 1.13. The highest BCUT2D eigenvalue weighted by Gasteiger charge is 2.27. The van der Waals surface area contributed by atoms with Gasteiger partial charge >= 0.3 is 8.56 Å². The normalized spacial score (nSPS) is 12.0. The summed E-state index contributed by atoms with van der Waals surface area (Å²) in [5.41, 5.74) is 0. The lowest BCUT2D eigenvalue weighted by molar-refractivity contribution is 0.251. The van der Waals surface area contributed by atoms with Crippen molar-refractivity contribution < 1.29 is 8.85 Å². The SMILES string of the molecule is CO[Si](C)(CCSC)OC. The molecule has 0 aliphatic carbocycles. The van der Waals surface area contributed by atoms with E-state index >= 15 is 0 Å². The number of thioether (sulfide) groups is 1. The Morgan fingerprint density at radius 1 is 1.30 bits per heavy atom. The number of hydrogen-bond donors (Lipinski definition) is 0. The highest BCUT2D eigenvalue weighted by Crippen LogP contribution is 2.13. The molecule has 0 aliphatic rings. The van der Waals surface area contributed by atoms with Crippen molar-refractivity contribution in [1.82, 2.24) is 0 Å².